The van der Waals surface area contributed by atoms with Crippen molar-refractivity contribution in [1.29, 1.82) is 0 Å². The third-order valence-corrected chi connectivity index (χ3v) is 0.470. The van der Waals surface area contributed by atoms with Crippen molar-refractivity contribution in [2.75, 3.05) is 7.11 Å². The fourth-order valence-corrected chi connectivity index (χ4v) is 0.169. The van der Waals surface area contributed by atoms with E-state index in [1.807, 2.05) is 0 Å². The van der Waals surface area contributed by atoms with E-state index in [2.05, 4.69) is 11.3 Å². The van der Waals surface area contributed by atoms with Gasteiger partial charge in [0, 0.05) is 6.08 Å². The summed E-state index contributed by atoms with van der Waals surface area (Å²) in [5.41, 5.74) is 0. The molecule has 0 aromatic heterocycles. The second-order valence-electron chi connectivity index (χ2n) is 0.945. The molecule has 0 aromatic carbocycles. The van der Waals surface area contributed by atoms with E-state index in [1.54, 1.807) is 0 Å². The highest BCUT2D eigenvalue weighted by Crippen LogP contribution is 1.85. The smallest absolute Gasteiger partial charge is 0.276 e. The first-order chi connectivity index (χ1) is 3.31. The van der Waals surface area contributed by atoms with Gasteiger partial charge < -0.3 is 9.84 Å². The van der Waals surface area contributed by atoms with Crippen LogP contribution in [0.25, 0.3) is 0 Å². The summed E-state index contributed by atoms with van der Waals surface area (Å²) < 4.78 is 4.34. The normalized spacial score (nSPS) is 10.7. The monoisotopic (exact) mass is 100 g/mol. The molecule has 0 spiro atoms. The predicted octanol–water partition coefficient (Wildman–Crippen LogP) is 1.22. The van der Waals surface area contributed by atoms with Gasteiger partial charge in [-0.1, -0.05) is 12.7 Å². The summed E-state index contributed by atoms with van der Waals surface area (Å²) in [4.78, 5) is 0. The number of allylic oxidation sites excluding steroid dienone is 2. The van der Waals surface area contributed by atoms with Gasteiger partial charge in [-0.25, -0.2) is 0 Å². The molecular weight excluding hydrogens is 92.1 g/mol. The largest absolute Gasteiger partial charge is 0.481 e. The number of aliphatic hydroxyl groups is 1. The first-order valence-corrected chi connectivity index (χ1v) is 1.87. The molecule has 0 saturated heterocycles. The van der Waals surface area contributed by atoms with Crippen molar-refractivity contribution in [2.45, 2.75) is 0 Å². The maximum absolute atomic E-state index is 8.43. The van der Waals surface area contributed by atoms with Crippen molar-refractivity contribution in [1.82, 2.24) is 0 Å². The molecule has 0 bridgehead atoms. The molecule has 0 atom stereocenters. The van der Waals surface area contributed by atoms with E-state index in [0.717, 1.165) is 0 Å². The molecule has 0 unspecified atom stereocenters. The lowest BCUT2D eigenvalue weighted by Gasteiger charge is -1.90. The van der Waals surface area contributed by atoms with Gasteiger partial charge in [0.1, 0.15) is 0 Å². The van der Waals surface area contributed by atoms with Gasteiger partial charge in [-0.3, -0.25) is 0 Å². The summed E-state index contributed by atoms with van der Waals surface area (Å²) in [7, 11) is 1.38. The topological polar surface area (TPSA) is 29.5 Å². The van der Waals surface area contributed by atoms with Crippen molar-refractivity contribution in [3.63, 3.8) is 0 Å². The Morgan fingerprint density at radius 3 is 2.57 bits per heavy atom. The Hall–Kier alpha value is -0.920. The number of rotatable bonds is 2. The number of hydrogen-bond donors (Lipinski definition) is 1. The molecule has 0 fully saturated rings. The van der Waals surface area contributed by atoms with Crippen LogP contribution in [0.2, 0.25) is 0 Å². The number of methoxy groups -OCH3 is 1. The van der Waals surface area contributed by atoms with Crippen molar-refractivity contribution in [2.24, 2.45) is 0 Å². The van der Waals surface area contributed by atoms with Crippen LogP contribution in [0.1, 0.15) is 0 Å². The van der Waals surface area contributed by atoms with Crippen LogP contribution in [0, 0.1) is 0 Å². The highest BCUT2D eigenvalue weighted by molar-refractivity contribution is 4.97. The van der Waals surface area contributed by atoms with Crippen molar-refractivity contribution in [3.05, 3.63) is 24.7 Å². The van der Waals surface area contributed by atoms with E-state index in [-0.39, 0.29) is 5.95 Å². The number of ether oxygens (including phenoxy) is 1. The fraction of sp³-hybridized carbons (Fsp3) is 0.200. The second kappa shape index (κ2) is 3.28. The van der Waals surface area contributed by atoms with Gasteiger partial charge in [0.2, 0.25) is 0 Å². The Morgan fingerprint density at radius 1 is 1.86 bits per heavy atom. The highest BCUT2D eigenvalue weighted by Gasteiger charge is 1.78. The molecule has 0 aromatic rings. The average molecular weight is 100 g/mol. The Morgan fingerprint density at radius 2 is 2.43 bits per heavy atom. The third kappa shape index (κ3) is 2.89. The van der Waals surface area contributed by atoms with Crippen molar-refractivity contribution < 1.29 is 9.84 Å². The molecule has 2 heteroatoms. The van der Waals surface area contributed by atoms with Crippen LogP contribution in [-0.2, 0) is 4.74 Å². The third-order valence-electron chi connectivity index (χ3n) is 0.470. The van der Waals surface area contributed by atoms with E-state index in [1.165, 1.54) is 19.3 Å². The predicted molar refractivity (Wildman–Crippen MR) is 27.9 cm³/mol. The molecule has 0 radical (unpaired) electrons. The van der Waals surface area contributed by atoms with Crippen molar-refractivity contribution >= 4 is 0 Å². The summed E-state index contributed by atoms with van der Waals surface area (Å²) >= 11 is 0. The van der Waals surface area contributed by atoms with Gasteiger partial charge in [0.15, 0.2) is 0 Å². The molecule has 0 amide bonds. The first kappa shape index (κ1) is 6.08. The lowest BCUT2D eigenvalue weighted by Crippen LogP contribution is -1.79. The Kier molecular flexibility index (Phi) is 2.85. The van der Waals surface area contributed by atoms with E-state index in [4.69, 9.17) is 5.11 Å². The zero-order valence-corrected chi connectivity index (χ0v) is 4.22. The minimum atomic E-state index is -0.116. The quantitative estimate of drug-likeness (QED) is 0.417. The summed E-state index contributed by atoms with van der Waals surface area (Å²) in [6.07, 6.45) is 2.80. The standard InChI is InChI=1S/C5H8O2/c1-3-4-5(6)7-2/h3-4,6H,1H2,2H3/b5-4+. The lowest BCUT2D eigenvalue weighted by molar-refractivity contribution is 0.136. The summed E-state index contributed by atoms with van der Waals surface area (Å²) in [6.45, 7) is 3.33. The van der Waals surface area contributed by atoms with Gasteiger partial charge in [0.25, 0.3) is 5.95 Å². The molecule has 0 aliphatic rings. The zero-order valence-electron chi connectivity index (χ0n) is 4.22. The Labute approximate surface area is 42.7 Å². The molecule has 2 nitrogen and oxygen atoms in total. The van der Waals surface area contributed by atoms with Crippen LogP contribution in [0.3, 0.4) is 0 Å². The van der Waals surface area contributed by atoms with Gasteiger partial charge in [-0.15, -0.1) is 0 Å². The van der Waals surface area contributed by atoms with Gasteiger partial charge in [0.05, 0.1) is 7.11 Å². The molecule has 0 aliphatic heterocycles. The van der Waals surface area contributed by atoms with Gasteiger partial charge >= 0.3 is 0 Å². The highest BCUT2D eigenvalue weighted by atomic mass is 16.6. The fourth-order valence-electron chi connectivity index (χ4n) is 0.169. The van der Waals surface area contributed by atoms with Crippen LogP contribution >= 0.6 is 0 Å². The van der Waals surface area contributed by atoms with E-state index in [9.17, 15) is 0 Å². The molecule has 0 aliphatic carbocycles. The summed E-state index contributed by atoms with van der Waals surface area (Å²) in [6, 6.07) is 0. The molecule has 0 heterocycles. The van der Waals surface area contributed by atoms with Crippen LogP contribution in [0.4, 0.5) is 0 Å². The summed E-state index contributed by atoms with van der Waals surface area (Å²) in [5.74, 6) is -0.116. The molecule has 1 N–H and O–H groups in total. The summed E-state index contributed by atoms with van der Waals surface area (Å²) in [5, 5.41) is 8.43. The van der Waals surface area contributed by atoms with Crippen LogP contribution in [0.5, 0.6) is 0 Å². The first-order valence-electron chi connectivity index (χ1n) is 1.87. The molecule has 7 heavy (non-hydrogen) atoms. The SMILES string of the molecule is C=C/C=C(\O)OC. The molecule has 40 valence electrons. The van der Waals surface area contributed by atoms with Crippen molar-refractivity contribution in [3.8, 4) is 0 Å². The molecule has 0 saturated carbocycles. The Bertz CT molecular complexity index is 84.1. The van der Waals surface area contributed by atoms with Gasteiger partial charge in [-0.05, 0) is 0 Å². The maximum atomic E-state index is 8.43. The van der Waals surface area contributed by atoms with E-state index < -0.39 is 0 Å². The average Bonchev–Trinajstić information content (AvgIpc) is 1.68. The second-order valence-corrected chi connectivity index (χ2v) is 0.945. The van der Waals surface area contributed by atoms with E-state index in [0.29, 0.717) is 0 Å². The lowest BCUT2D eigenvalue weighted by atomic mass is 10.6. The number of aliphatic hydroxyl groups excluding tert-OH is 1. The van der Waals surface area contributed by atoms with E-state index >= 15 is 0 Å². The number of hydrogen-bond acceptors (Lipinski definition) is 2. The van der Waals surface area contributed by atoms with Crippen LogP contribution in [0.15, 0.2) is 24.7 Å². The molecular formula is C5H8O2. The Balaban J connectivity index is 3.49. The molecule has 0 rings (SSSR count). The minimum absolute atomic E-state index is 0.116. The minimum Gasteiger partial charge on any atom is -0.481 e. The van der Waals surface area contributed by atoms with Gasteiger partial charge in [-0.2, -0.15) is 0 Å². The maximum Gasteiger partial charge on any atom is 0.276 e. The zero-order chi connectivity index (χ0) is 5.70. The van der Waals surface area contributed by atoms with Crippen LogP contribution < -0.4 is 0 Å². The van der Waals surface area contributed by atoms with Crippen LogP contribution in [-0.4, -0.2) is 12.2 Å².